The molecule has 2 rings (SSSR count). The number of carboxylic acid groups (broad SMARTS) is 1. The molecule has 0 saturated carbocycles. The molecule has 0 aliphatic carbocycles. The molecule has 0 bridgehead atoms. The SMILES string of the molecule is O=C(O)CN(C(=O)c1cc(Br)sc1Br)c1cccc(Cl)c1. The fourth-order valence-corrected chi connectivity index (χ4v) is 4.65. The fraction of sp³-hybridized carbons (Fsp3) is 0.0769. The Morgan fingerprint density at radius 2 is 2.00 bits per heavy atom. The van der Waals surface area contributed by atoms with Gasteiger partial charge in [-0.1, -0.05) is 17.7 Å². The molecule has 0 atom stereocenters. The molecule has 1 heterocycles. The summed E-state index contributed by atoms with van der Waals surface area (Å²) in [5.74, 6) is -1.51. The molecule has 0 fully saturated rings. The Bertz CT molecular complexity index is 704. The highest BCUT2D eigenvalue weighted by atomic mass is 79.9. The maximum absolute atomic E-state index is 12.6. The summed E-state index contributed by atoms with van der Waals surface area (Å²) >= 11 is 13.9. The van der Waals surface area contributed by atoms with Crippen molar-refractivity contribution in [3.63, 3.8) is 0 Å². The maximum atomic E-state index is 12.6. The number of carbonyl (C=O) groups is 2. The minimum atomic E-state index is -1.10. The zero-order valence-electron chi connectivity index (χ0n) is 10.3. The lowest BCUT2D eigenvalue weighted by Gasteiger charge is -2.20. The lowest BCUT2D eigenvalue weighted by molar-refractivity contribution is -0.135. The Balaban J connectivity index is 2.43. The number of anilines is 1. The summed E-state index contributed by atoms with van der Waals surface area (Å²) < 4.78 is 1.41. The van der Waals surface area contributed by atoms with E-state index in [0.717, 1.165) is 3.79 Å². The van der Waals surface area contributed by atoms with Gasteiger partial charge in [0, 0.05) is 10.7 Å². The summed E-state index contributed by atoms with van der Waals surface area (Å²) in [6.45, 7) is -0.445. The number of hydrogen-bond acceptors (Lipinski definition) is 3. The van der Waals surface area contributed by atoms with Crippen LogP contribution in [0.3, 0.4) is 0 Å². The lowest BCUT2D eigenvalue weighted by atomic mass is 10.2. The smallest absolute Gasteiger partial charge is 0.323 e. The number of carbonyl (C=O) groups excluding carboxylic acids is 1. The first-order valence-corrected chi connectivity index (χ1v) is 8.40. The van der Waals surface area contributed by atoms with Gasteiger partial charge in [0.15, 0.2) is 0 Å². The molecule has 4 nitrogen and oxygen atoms in total. The first-order valence-electron chi connectivity index (χ1n) is 5.62. The van der Waals surface area contributed by atoms with Crippen LogP contribution in [-0.2, 0) is 4.79 Å². The van der Waals surface area contributed by atoms with Crippen molar-refractivity contribution in [2.75, 3.05) is 11.4 Å². The predicted octanol–water partition coefficient (Wildman–Crippen LogP) is 4.66. The molecule has 1 aromatic carbocycles. The number of carboxylic acids is 1. The highest BCUT2D eigenvalue weighted by Gasteiger charge is 2.24. The Morgan fingerprint density at radius 1 is 1.29 bits per heavy atom. The van der Waals surface area contributed by atoms with Crippen LogP contribution in [-0.4, -0.2) is 23.5 Å². The van der Waals surface area contributed by atoms with E-state index in [4.69, 9.17) is 16.7 Å². The molecule has 0 unspecified atom stereocenters. The third-order valence-corrected chi connectivity index (χ3v) is 5.12. The van der Waals surface area contributed by atoms with Crippen LogP contribution in [0.15, 0.2) is 37.9 Å². The van der Waals surface area contributed by atoms with Gasteiger partial charge in [-0.15, -0.1) is 11.3 Å². The van der Waals surface area contributed by atoms with Crippen LogP contribution < -0.4 is 4.90 Å². The van der Waals surface area contributed by atoms with Crippen molar-refractivity contribution in [2.45, 2.75) is 0 Å². The van der Waals surface area contributed by atoms with E-state index in [1.54, 1.807) is 30.3 Å². The van der Waals surface area contributed by atoms with E-state index >= 15 is 0 Å². The second-order valence-electron chi connectivity index (χ2n) is 4.00. The van der Waals surface area contributed by atoms with E-state index in [2.05, 4.69) is 31.9 Å². The van der Waals surface area contributed by atoms with E-state index in [-0.39, 0.29) is 0 Å². The lowest BCUT2D eigenvalue weighted by Crippen LogP contribution is -2.35. The Morgan fingerprint density at radius 3 is 2.52 bits per heavy atom. The topological polar surface area (TPSA) is 57.6 Å². The van der Waals surface area contributed by atoms with Gasteiger partial charge < -0.3 is 5.11 Å². The molecule has 2 aromatic rings. The molecule has 0 aliphatic heterocycles. The Hall–Kier alpha value is -0.890. The molecule has 21 heavy (non-hydrogen) atoms. The number of benzene rings is 1. The van der Waals surface area contributed by atoms with Crippen LogP contribution >= 0.6 is 54.8 Å². The normalized spacial score (nSPS) is 10.4. The average molecular weight is 454 g/mol. The number of rotatable bonds is 4. The highest BCUT2D eigenvalue weighted by molar-refractivity contribution is 9.12. The number of aliphatic carboxylic acids is 1. The standard InChI is InChI=1S/C13H8Br2ClNO3S/c14-10-5-9(12(15)21-10)13(20)17(6-11(18)19)8-3-1-2-7(16)4-8/h1-5H,6H2,(H,18,19). The second-order valence-corrected chi connectivity index (χ2v) is 8.19. The van der Waals surface area contributed by atoms with Crippen molar-refractivity contribution in [1.29, 1.82) is 0 Å². The average Bonchev–Trinajstić information content (AvgIpc) is 2.74. The molecular weight excluding hydrogens is 445 g/mol. The third-order valence-electron chi connectivity index (χ3n) is 2.55. The largest absolute Gasteiger partial charge is 0.480 e. The van der Waals surface area contributed by atoms with Gasteiger partial charge >= 0.3 is 5.97 Å². The quantitative estimate of drug-likeness (QED) is 0.733. The van der Waals surface area contributed by atoms with Gasteiger partial charge in [-0.2, -0.15) is 0 Å². The van der Waals surface area contributed by atoms with Crippen LogP contribution in [0.1, 0.15) is 10.4 Å². The number of thiophene rings is 1. The van der Waals surface area contributed by atoms with Crippen LogP contribution in [0.5, 0.6) is 0 Å². The summed E-state index contributed by atoms with van der Waals surface area (Å²) in [7, 11) is 0. The summed E-state index contributed by atoms with van der Waals surface area (Å²) in [5.41, 5.74) is 0.831. The molecule has 8 heteroatoms. The number of amides is 1. The van der Waals surface area contributed by atoms with Gasteiger partial charge in [0.1, 0.15) is 6.54 Å². The zero-order chi connectivity index (χ0) is 15.6. The number of nitrogens with zero attached hydrogens (tertiary/aromatic N) is 1. The molecule has 1 aromatic heterocycles. The molecular formula is C13H8Br2ClNO3S. The Labute approximate surface area is 146 Å². The predicted molar refractivity (Wildman–Crippen MR) is 90.5 cm³/mol. The van der Waals surface area contributed by atoms with E-state index in [1.807, 2.05) is 0 Å². The number of hydrogen-bond donors (Lipinski definition) is 1. The Kier molecular flexibility index (Phi) is 5.43. The molecule has 0 radical (unpaired) electrons. The summed E-state index contributed by atoms with van der Waals surface area (Å²) in [6, 6.07) is 8.17. The van der Waals surface area contributed by atoms with Gasteiger partial charge in [0.05, 0.1) is 13.1 Å². The van der Waals surface area contributed by atoms with Crippen molar-refractivity contribution in [1.82, 2.24) is 0 Å². The molecule has 1 N–H and O–H groups in total. The summed E-state index contributed by atoms with van der Waals surface area (Å²) in [6.07, 6.45) is 0. The van der Waals surface area contributed by atoms with Crippen molar-refractivity contribution in [2.24, 2.45) is 0 Å². The van der Waals surface area contributed by atoms with E-state index in [9.17, 15) is 9.59 Å². The molecule has 0 saturated heterocycles. The van der Waals surface area contributed by atoms with Crippen LogP contribution in [0.4, 0.5) is 5.69 Å². The first kappa shape index (κ1) is 16.5. The fourth-order valence-electron chi connectivity index (χ4n) is 1.69. The monoisotopic (exact) mass is 451 g/mol. The maximum Gasteiger partial charge on any atom is 0.323 e. The van der Waals surface area contributed by atoms with Crippen LogP contribution in [0.2, 0.25) is 5.02 Å². The van der Waals surface area contributed by atoms with Crippen molar-refractivity contribution in [3.8, 4) is 0 Å². The summed E-state index contributed by atoms with van der Waals surface area (Å²) in [4.78, 5) is 24.8. The zero-order valence-corrected chi connectivity index (χ0v) is 15.1. The highest BCUT2D eigenvalue weighted by Crippen LogP contribution is 2.33. The van der Waals surface area contributed by atoms with Crippen molar-refractivity contribution >= 4 is 72.4 Å². The van der Waals surface area contributed by atoms with Crippen LogP contribution in [0, 0.1) is 0 Å². The minimum Gasteiger partial charge on any atom is -0.480 e. The minimum absolute atomic E-state index is 0.396. The van der Waals surface area contributed by atoms with E-state index < -0.39 is 18.4 Å². The van der Waals surface area contributed by atoms with Crippen molar-refractivity contribution in [3.05, 3.63) is 48.5 Å². The molecule has 110 valence electrons. The molecule has 0 spiro atoms. The van der Waals surface area contributed by atoms with Gasteiger partial charge in [0.2, 0.25) is 0 Å². The van der Waals surface area contributed by atoms with Crippen LogP contribution in [0.25, 0.3) is 0 Å². The number of halogens is 3. The van der Waals surface area contributed by atoms with Gasteiger partial charge in [-0.25, -0.2) is 0 Å². The van der Waals surface area contributed by atoms with Gasteiger partial charge in [-0.3, -0.25) is 14.5 Å². The summed E-state index contributed by atoms with van der Waals surface area (Å²) in [5, 5.41) is 9.47. The second kappa shape index (κ2) is 6.91. The van der Waals surface area contributed by atoms with Gasteiger partial charge in [-0.05, 0) is 56.1 Å². The third kappa shape index (κ3) is 4.06. The molecule has 1 amide bonds. The van der Waals surface area contributed by atoms with E-state index in [0.29, 0.717) is 20.1 Å². The van der Waals surface area contributed by atoms with E-state index in [1.165, 1.54) is 16.2 Å². The first-order chi connectivity index (χ1) is 9.88. The van der Waals surface area contributed by atoms with Crippen molar-refractivity contribution < 1.29 is 14.7 Å². The molecule has 0 aliphatic rings. The van der Waals surface area contributed by atoms with Gasteiger partial charge in [0.25, 0.3) is 5.91 Å².